The number of hydrogen-bond acceptors (Lipinski definition) is 13. The molecule has 3 aliphatic heterocycles. The summed E-state index contributed by atoms with van der Waals surface area (Å²) in [5, 5.41) is 15.8. The third-order valence-electron chi connectivity index (χ3n) is 7.08. The molecule has 4 heterocycles. The number of nitrogens with zero attached hydrogens (tertiary/aromatic N) is 4. The number of likely N-dealkylation sites (N-methyl/N-ethyl adjacent to an activating group) is 1. The number of aromatic nitrogens is 1. The Balaban J connectivity index is 2.02. The van der Waals surface area contributed by atoms with Gasteiger partial charge in [0.05, 0.1) is 11.8 Å². The molecular formula is C24H35N6O8PS2. The number of rotatable bonds is 7. The number of nitrogens with one attached hydrogen (secondary N) is 1. The number of thiazole rings is 1. The van der Waals surface area contributed by atoms with E-state index < -0.39 is 53.1 Å². The van der Waals surface area contributed by atoms with Crippen molar-refractivity contribution in [2.75, 3.05) is 31.2 Å². The van der Waals surface area contributed by atoms with Gasteiger partial charge in [-0.25, -0.2) is 9.78 Å². The van der Waals surface area contributed by atoms with Crippen molar-refractivity contribution in [1.29, 1.82) is 0 Å². The van der Waals surface area contributed by atoms with E-state index in [1.807, 2.05) is 0 Å². The molecule has 17 heteroatoms. The van der Waals surface area contributed by atoms with E-state index in [0.29, 0.717) is 4.83 Å². The van der Waals surface area contributed by atoms with Crippen LogP contribution < -0.4 is 11.1 Å². The molecule has 0 aliphatic carbocycles. The van der Waals surface area contributed by atoms with Gasteiger partial charge in [-0.15, -0.1) is 23.1 Å². The highest BCUT2D eigenvalue weighted by Gasteiger charge is 2.71. The maximum Gasteiger partial charge on any atom is 0.355 e. The topological polar surface area (TPSA) is 185 Å². The standard InChI is InChI=1S/C24H35N6O8PS2/c1-8-28(9-2)23(15-12-41-21(25)26-15)20(34)27-24(37-13(3)31,39(7,36)30(23)35)14-11-40-17-10-16(32)29(17)18(14)19(33)38-22(4,5)6/h12,17,35H,8-11H2,1-7H3,(H2,25,26)(H,27,34)/t17-,23?,24?,39?/m1/s1. The summed E-state index contributed by atoms with van der Waals surface area (Å²) in [5.41, 5.74) is -0.167. The second-order valence-corrected chi connectivity index (χ2v) is 15.7. The Kier molecular flexibility index (Phi) is 8.17. The average molecular weight is 631 g/mol. The first-order valence-corrected chi connectivity index (χ1v) is 17.0. The Labute approximate surface area is 246 Å². The molecule has 3 unspecified atom stereocenters. The summed E-state index contributed by atoms with van der Waals surface area (Å²) >= 11 is 2.26. The van der Waals surface area contributed by atoms with Crippen LogP contribution in [0.25, 0.3) is 0 Å². The Hall–Kier alpha value is -2.49. The SMILES string of the molecule is CCN(CC)C1(c2csc(N)n2)C(=O)NC(OC(C)=O)(C2=C(C(=O)OC(C)(C)C)N3C(=O)C[C@H]3SC2)P(C)(=O)N1O. The van der Waals surface area contributed by atoms with Crippen molar-refractivity contribution >= 4 is 59.3 Å². The molecular weight excluding hydrogens is 595 g/mol. The molecule has 0 spiro atoms. The number of ether oxygens (including phenoxy) is 2. The van der Waals surface area contributed by atoms with Gasteiger partial charge in [-0.1, -0.05) is 18.7 Å². The van der Waals surface area contributed by atoms with Crippen LogP contribution in [0.15, 0.2) is 16.7 Å². The quantitative estimate of drug-likeness (QED) is 0.226. The number of β-lactam (4-membered cyclic amide) rings is 1. The molecule has 0 aromatic carbocycles. The van der Waals surface area contributed by atoms with Gasteiger partial charge in [0.15, 0.2) is 5.13 Å². The van der Waals surface area contributed by atoms with Gasteiger partial charge in [-0.2, -0.15) is 0 Å². The predicted molar refractivity (Wildman–Crippen MR) is 152 cm³/mol. The van der Waals surface area contributed by atoms with Crippen LogP contribution in [0, 0.1) is 0 Å². The van der Waals surface area contributed by atoms with Gasteiger partial charge in [0.1, 0.15) is 17.0 Å². The molecule has 4 rings (SSSR count). The van der Waals surface area contributed by atoms with E-state index in [-0.39, 0.29) is 47.4 Å². The summed E-state index contributed by atoms with van der Waals surface area (Å²) in [6.45, 7) is 11.0. The Morgan fingerprint density at radius 2 is 1.95 bits per heavy atom. The van der Waals surface area contributed by atoms with Crippen molar-refractivity contribution in [1.82, 2.24) is 24.9 Å². The van der Waals surface area contributed by atoms with Gasteiger partial charge in [0.2, 0.25) is 18.9 Å². The molecule has 4 atom stereocenters. The number of hydrogen-bond donors (Lipinski definition) is 3. The van der Waals surface area contributed by atoms with Gasteiger partial charge >= 0.3 is 11.9 Å². The monoisotopic (exact) mass is 630 g/mol. The number of fused-ring (bicyclic) bond motifs is 1. The number of carbonyl (C=O) groups excluding carboxylic acids is 4. The molecule has 0 radical (unpaired) electrons. The highest BCUT2D eigenvalue weighted by molar-refractivity contribution is 8.00. The number of esters is 2. The van der Waals surface area contributed by atoms with Gasteiger partial charge < -0.3 is 25.7 Å². The first kappa shape index (κ1) is 31.4. The normalized spacial score (nSPS) is 30.6. The number of hydroxylamine groups is 1. The largest absolute Gasteiger partial charge is 0.455 e. The first-order valence-electron chi connectivity index (χ1n) is 12.9. The molecule has 2 fully saturated rings. The highest BCUT2D eigenvalue weighted by Crippen LogP contribution is 2.67. The van der Waals surface area contributed by atoms with E-state index in [1.165, 1.54) is 22.0 Å². The molecule has 1 aromatic heterocycles. The van der Waals surface area contributed by atoms with E-state index in [1.54, 1.807) is 39.5 Å². The van der Waals surface area contributed by atoms with Gasteiger partial charge in [-0.3, -0.25) is 28.7 Å². The molecule has 0 saturated carbocycles. The zero-order chi connectivity index (χ0) is 30.7. The van der Waals surface area contributed by atoms with Crippen LogP contribution in [0.4, 0.5) is 5.13 Å². The Morgan fingerprint density at radius 3 is 2.44 bits per heavy atom. The second kappa shape index (κ2) is 10.7. The zero-order valence-electron chi connectivity index (χ0n) is 23.9. The third kappa shape index (κ3) is 4.78. The fraction of sp³-hybridized carbons (Fsp3) is 0.625. The number of thioether (sulfide) groups is 1. The van der Waals surface area contributed by atoms with Gasteiger partial charge in [-0.05, 0) is 33.9 Å². The van der Waals surface area contributed by atoms with E-state index in [4.69, 9.17) is 15.2 Å². The van der Waals surface area contributed by atoms with Gasteiger partial charge in [0.25, 0.3) is 11.4 Å². The van der Waals surface area contributed by atoms with Crippen LogP contribution in [-0.2, 0) is 38.9 Å². The molecule has 3 aliphatic rings. The number of anilines is 1. The zero-order valence-corrected chi connectivity index (χ0v) is 26.4. The van der Waals surface area contributed by atoms with E-state index >= 15 is 4.57 Å². The lowest BCUT2D eigenvalue weighted by Crippen LogP contribution is -2.74. The van der Waals surface area contributed by atoms with Crippen LogP contribution >= 0.6 is 30.4 Å². The Bertz CT molecular complexity index is 1370. The van der Waals surface area contributed by atoms with Crippen molar-refractivity contribution in [3.63, 3.8) is 0 Å². The molecule has 226 valence electrons. The van der Waals surface area contributed by atoms with Crippen molar-refractivity contribution in [3.05, 3.63) is 22.3 Å². The average Bonchev–Trinajstić information content (AvgIpc) is 3.29. The highest BCUT2D eigenvalue weighted by atomic mass is 32.2. The predicted octanol–water partition coefficient (Wildman–Crippen LogP) is 2.07. The van der Waals surface area contributed by atoms with E-state index in [9.17, 15) is 24.4 Å². The van der Waals surface area contributed by atoms with Crippen LogP contribution in [0.1, 0.15) is 53.7 Å². The molecule has 0 bridgehead atoms. The lowest BCUT2D eigenvalue weighted by molar-refractivity contribution is -0.204. The maximum atomic E-state index is 15.1. The minimum Gasteiger partial charge on any atom is -0.455 e. The Morgan fingerprint density at radius 1 is 1.32 bits per heavy atom. The summed E-state index contributed by atoms with van der Waals surface area (Å²) in [5.74, 6) is -3.27. The molecule has 41 heavy (non-hydrogen) atoms. The molecule has 2 saturated heterocycles. The second-order valence-electron chi connectivity index (χ2n) is 10.8. The minimum atomic E-state index is -4.53. The molecule has 2 amide bonds. The molecule has 1 aromatic rings. The minimum absolute atomic E-state index is 0.0135. The van der Waals surface area contributed by atoms with Crippen molar-refractivity contribution in [2.45, 2.75) is 70.1 Å². The van der Waals surface area contributed by atoms with E-state index in [0.717, 1.165) is 24.9 Å². The first-order chi connectivity index (χ1) is 19.0. The summed E-state index contributed by atoms with van der Waals surface area (Å²) < 4.78 is 26.4. The van der Waals surface area contributed by atoms with Crippen LogP contribution in [0.5, 0.6) is 0 Å². The summed E-state index contributed by atoms with van der Waals surface area (Å²) in [6, 6.07) is 0. The number of amides is 2. The lowest BCUT2D eigenvalue weighted by atomic mass is 10.0. The number of carbonyl (C=O) groups is 4. The summed E-state index contributed by atoms with van der Waals surface area (Å²) in [4.78, 5) is 60.8. The lowest BCUT2D eigenvalue weighted by Gasteiger charge is -2.57. The van der Waals surface area contributed by atoms with Crippen molar-refractivity contribution < 1.29 is 38.4 Å². The fourth-order valence-corrected chi connectivity index (χ4v) is 9.79. The number of nitrogens with two attached hydrogens (primary N) is 1. The third-order valence-corrected chi connectivity index (χ3v) is 11.6. The number of nitrogen functional groups attached to an aromatic ring is 1. The van der Waals surface area contributed by atoms with Crippen LogP contribution in [-0.4, -0.2) is 90.5 Å². The van der Waals surface area contributed by atoms with Crippen molar-refractivity contribution in [2.24, 2.45) is 0 Å². The maximum absolute atomic E-state index is 15.1. The van der Waals surface area contributed by atoms with Gasteiger partial charge in [0, 0.05) is 30.3 Å². The smallest absolute Gasteiger partial charge is 0.355 e. The van der Waals surface area contributed by atoms with E-state index in [2.05, 4.69) is 10.3 Å². The molecule has 4 N–H and O–H groups in total. The van der Waals surface area contributed by atoms with Crippen molar-refractivity contribution in [3.8, 4) is 0 Å². The van der Waals surface area contributed by atoms with Crippen LogP contribution in [0.3, 0.4) is 0 Å². The summed E-state index contributed by atoms with van der Waals surface area (Å²) in [6.07, 6.45) is 0.156. The van der Waals surface area contributed by atoms with Crippen LogP contribution in [0.2, 0.25) is 0 Å². The summed E-state index contributed by atoms with van der Waals surface area (Å²) in [7, 11) is -4.53. The molecule has 14 nitrogen and oxygen atoms in total. The fourth-order valence-electron chi connectivity index (χ4n) is 5.32.